The number of ether oxygens (including phenoxy) is 1. The molecule has 0 saturated carbocycles. The number of Topliss-reactive ketones (excluding diaryl/α,β-unsaturated/α-hetero) is 1. The van der Waals surface area contributed by atoms with Crippen LogP contribution in [0.5, 0.6) is 0 Å². The Morgan fingerprint density at radius 1 is 1.06 bits per heavy atom. The van der Waals surface area contributed by atoms with Crippen LogP contribution < -0.4 is 0 Å². The Labute approximate surface area is 314 Å². The van der Waals surface area contributed by atoms with Crippen LogP contribution in [-0.2, 0) is 23.2 Å². The van der Waals surface area contributed by atoms with Crippen LogP contribution in [0, 0.1) is 24.2 Å². The van der Waals surface area contributed by atoms with Crippen molar-refractivity contribution < 1.29 is 28.3 Å². The molecular weight excluding hydrogens is 697 g/mol. The minimum absolute atomic E-state index is 0.0357. The van der Waals surface area contributed by atoms with Crippen LogP contribution in [0.4, 0.5) is 0 Å². The summed E-state index contributed by atoms with van der Waals surface area (Å²) in [6, 6.07) is 4.69. The lowest BCUT2D eigenvalue weighted by atomic mass is 9.73. The van der Waals surface area contributed by atoms with E-state index in [1.807, 2.05) is 46.1 Å². The van der Waals surface area contributed by atoms with Crippen LogP contribution >= 0.6 is 11.3 Å². The van der Waals surface area contributed by atoms with Crippen molar-refractivity contribution in [2.75, 3.05) is 0 Å². The van der Waals surface area contributed by atoms with Crippen molar-refractivity contribution in [2.24, 2.45) is 22.4 Å². The SMILES string of the molecule is CC[Si](CC)(CC)O[C@@H]1[C@H](C)CCC[C@H](O)[C@H](N=[N+]=[N-])C[C@H](C(C)=Cc2csc(C)n2)OC(=O)C[C@H](O[Si](CC)(CC)CC)C(C)(C)C(=O)[C@H]1C. The van der Waals surface area contributed by atoms with Gasteiger partial charge < -0.3 is 18.7 Å². The number of aromatic nitrogens is 1. The number of aliphatic hydroxyl groups is 1. The van der Waals surface area contributed by atoms with Crippen molar-refractivity contribution in [2.45, 2.75) is 182 Å². The zero-order chi connectivity index (χ0) is 38.6. The summed E-state index contributed by atoms with van der Waals surface area (Å²) in [6.45, 7) is 24.8. The summed E-state index contributed by atoms with van der Waals surface area (Å²) in [4.78, 5) is 36.7. The summed E-state index contributed by atoms with van der Waals surface area (Å²) in [6.07, 6.45) is 0.938. The Bertz CT molecular complexity index is 1320. The summed E-state index contributed by atoms with van der Waals surface area (Å²) >= 11 is 1.53. The summed E-state index contributed by atoms with van der Waals surface area (Å²) in [5, 5.41) is 18.3. The number of aryl methyl sites for hydroxylation is 1. The molecule has 2 heterocycles. The van der Waals surface area contributed by atoms with Crippen LogP contribution in [0.3, 0.4) is 0 Å². The number of azide groups is 1. The van der Waals surface area contributed by atoms with Gasteiger partial charge in [-0.15, -0.1) is 11.3 Å². The smallest absolute Gasteiger partial charge is 0.309 e. The highest BCUT2D eigenvalue weighted by atomic mass is 32.1. The van der Waals surface area contributed by atoms with Gasteiger partial charge in [0.2, 0.25) is 0 Å². The first kappa shape index (κ1) is 45.3. The highest BCUT2D eigenvalue weighted by molar-refractivity contribution is 7.09. The Morgan fingerprint density at radius 2 is 1.63 bits per heavy atom. The van der Waals surface area contributed by atoms with Gasteiger partial charge in [-0.1, -0.05) is 80.8 Å². The van der Waals surface area contributed by atoms with Gasteiger partial charge >= 0.3 is 5.97 Å². The average molecular weight is 765 g/mol. The second kappa shape index (κ2) is 20.6. The molecule has 1 saturated heterocycles. The van der Waals surface area contributed by atoms with Crippen LogP contribution in [0.25, 0.3) is 16.5 Å². The zero-order valence-corrected chi connectivity index (χ0v) is 36.5. The first-order valence-electron chi connectivity index (χ1n) is 19.4. The van der Waals surface area contributed by atoms with Gasteiger partial charge in [-0.25, -0.2) is 4.98 Å². The molecule has 0 amide bonds. The number of aliphatic hydroxyl groups excluding tert-OH is 1. The summed E-state index contributed by atoms with van der Waals surface area (Å²) < 4.78 is 20.5. The molecule has 0 aromatic carbocycles. The summed E-state index contributed by atoms with van der Waals surface area (Å²) in [5.41, 5.74) is 10.00. The molecule has 290 valence electrons. The quantitative estimate of drug-likeness (QED) is 0.0692. The van der Waals surface area contributed by atoms with Crippen LogP contribution in [0.2, 0.25) is 36.3 Å². The fourth-order valence-corrected chi connectivity index (χ4v) is 14.2. The fourth-order valence-electron chi connectivity index (χ4n) is 7.67. The molecule has 0 radical (unpaired) electrons. The highest BCUT2D eigenvalue weighted by Gasteiger charge is 2.48. The zero-order valence-electron chi connectivity index (χ0n) is 33.7. The molecular formula is C38H68N4O6SSi2. The van der Waals surface area contributed by atoms with E-state index in [0.717, 1.165) is 59.0 Å². The number of cyclic esters (lactones) is 1. The van der Waals surface area contributed by atoms with E-state index in [-0.39, 0.29) is 30.6 Å². The Balaban J connectivity index is 2.74. The van der Waals surface area contributed by atoms with E-state index in [1.165, 1.54) is 11.3 Å². The van der Waals surface area contributed by atoms with Crippen molar-refractivity contribution in [1.82, 2.24) is 4.98 Å². The summed E-state index contributed by atoms with van der Waals surface area (Å²) in [5.74, 6) is -0.864. The van der Waals surface area contributed by atoms with Gasteiger partial charge in [0.05, 0.1) is 41.5 Å². The lowest BCUT2D eigenvalue weighted by molar-refractivity contribution is -0.154. The van der Waals surface area contributed by atoms with Gasteiger partial charge in [0, 0.05) is 21.6 Å². The predicted molar refractivity (Wildman–Crippen MR) is 214 cm³/mol. The number of hydrogen-bond acceptors (Lipinski definition) is 9. The average Bonchev–Trinajstić information content (AvgIpc) is 3.53. The minimum Gasteiger partial charge on any atom is -0.458 e. The van der Waals surface area contributed by atoms with Crippen molar-refractivity contribution in [3.05, 3.63) is 32.1 Å². The number of esters is 1. The maximum Gasteiger partial charge on any atom is 0.309 e. The Kier molecular flexibility index (Phi) is 18.3. The molecule has 1 aliphatic heterocycles. The maximum absolute atomic E-state index is 14.9. The van der Waals surface area contributed by atoms with Crippen molar-refractivity contribution >= 4 is 45.8 Å². The molecule has 0 spiro atoms. The van der Waals surface area contributed by atoms with Crippen molar-refractivity contribution in [1.29, 1.82) is 0 Å². The molecule has 10 nitrogen and oxygen atoms in total. The van der Waals surface area contributed by atoms with E-state index in [1.54, 1.807) is 0 Å². The lowest BCUT2D eigenvalue weighted by Crippen LogP contribution is -2.53. The molecule has 1 fully saturated rings. The molecule has 51 heavy (non-hydrogen) atoms. The topological polar surface area (TPSA) is 144 Å². The molecule has 1 aromatic rings. The van der Waals surface area contributed by atoms with E-state index < -0.39 is 58.3 Å². The largest absolute Gasteiger partial charge is 0.458 e. The van der Waals surface area contributed by atoms with Gasteiger partial charge in [0.25, 0.3) is 0 Å². The first-order chi connectivity index (χ1) is 24.0. The number of rotatable bonds is 13. The number of nitrogens with zero attached hydrogens (tertiary/aromatic N) is 4. The van der Waals surface area contributed by atoms with Crippen LogP contribution in [-0.4, -0.2) is 68.9 Å². The monoisotopic (exact) mass is 764 g/mol. The third kappa shape index (κ3) is 12.1. The van der Waals surface area contributed by atoms with E-state index in [4.69, 9.17) is 13.6 Å². The molecule has 7 atom stereocenters. The number of carbonyl (C=O) groups excluding carboxylic acids is 2. The molecule has 0 bridgehead atoms. The third-order valence-electron chi connectivity index (χ3n) is 12.0. The Hall–Kier alpha value is -1.87. The molecule has 2 rings (SSSR count). The van der Waals surface area contributed by atoms with Gasteiger partial charge in [-0.05, 0) is 92.5 Å². The molecule has 0 aliphatic carbocycles. The predicted octanol–water partition coefficient (Wildman–Crippen LogP) is 10.4. The van der Waals surface area contributed by atoms with Crippen LogP contribution in [0.15, 0.2) is 16.1 Å². The van der Waals surface area contributed by atoms with Gasteiger partial charge in [0.1, 0.15) is 11.9 Å². The second-order valence-corrected chi connectivity index (χ2v) is 25.9. The van der Waals surface area contributed by atoms with Crippen molar-refractivity contribution in [3.8, 4) is 0 Å². The molecule has 1 N–H and O–H groups in total. The molecule has 1 aromatic heterocycles. The normalized spacial score (nSPS) is 27.9. The van der Waals surface area contributed by atoms with E-state index in [2.05, 4.69) is 63.5 Å². The third-order valence-corrected chi connectivity index (χ3v) is 22.0. The fraction of sp³-hybridized carbons (Fsp3) is 0.816. The maximum atomic E-state index is 14.9. The Morgan fingerprint density at radius 3 is 2.14 bits per heavy atom. The molecule has 13 heteroatoms. The second-order valence-electron chi connectivity index (χ2n) is 15.4. The summed E-state index contributed by atoms with van der Waals surface area (Å²) in [7, 11) is -4.41. The number of ketones is 1. The first-order valence-corrected chi connectivity index (χ1v) is 25.4. The van der Waals surface area contributed by atoms with Crippen molar-refractivity contribution in [3.63, 3.8) is 0 Å². The lowest BCUT2D eigenvalue weighted by Gasteiger charge is -2.44. The number of thiazole rings is 1. The number of carbonyl (C=O) groups is 2. The molecule has 1 aliphatic rings. The standard InChI is InChI=1S/C38H68N4O6SSi2/c1-13-50(14-2,15-3)47-34-24-35(44)46-33(27(8)22-30-25-49-29(10)40-30)23-31(41-42-39)32(43)21-19-20-26(7)36(28(9)37(45)38(34,11)12)48-51(16-4,17-5)18-6/h22,25-26,28,31-34,36,43H,13-21,23-24H2,1-12H3/t26-,28+,31-,32+,33-,34+,36-/m1/s1. The van der Waals surface area contributed by atoms with Gasteiger partial charge in [-0.2, -0.15) is 0 Å². The number of hydrogen-bond donors (Lipinski definition) is 1. The minimum atomic E-state index is -2.29. The van der Waals surface area contributed by atoms with Gasteiger partial charge in [0.15, 0.2) is 16.6 Å². The van der Waals surface area contributed by atoms with E-state index >= 15 is 0 Å². The highest BCUT2D eigenvalue weighted by Crippen LogP contribution is 2.40. The van der Waals surface area contributed by atoms with Crippen LogP contribution in [0.1, 0.15) is 119 Å². The van der Waals surface area contributed by atoms with E-state index in [0.29, 0.717) is 12.8 Å². The van der Waals surface area contributed by atoms with Gasteiger partial charge in [-0.3, -0.25) is 9.59 Å². The molecule has 0 unspecified atom stereocenters. The van der Waals surface area contributed by atoms with E-state index in [9.17, 15) is 20.2 Å².